The predicted molar refractivity (Wildman–Crippen MR) is 68.5 cm³/mol. The molecule has 1 aliphatic carbocycles. The van der Waals surface area contributed by atoms with Crippen molar-refractivity contribution in [3.8, 4) is 0 Å². The third-order valence-corrected chi connectivity index (χ3v) is 3.28. The molecule has 0 bridgehead atoms. The van der Waals surface area contributed by atoms with Crippen molar-refractivity contribution in [3.05, 3.63) is 18.0 Å². The first-order chi connectivity index (χ1) is 8.07. The van der Waals surface area contributed by atoms with Gasteiger partial charge in [0.05, 0.1) is 11.7 Å². The van der Waals surface area contributed by atoms with Gasteiger partial charge >= 0.3 is 0 Å². The molecule has 0 atom stereocenters. The molecular weight excluding hydrogens is 214 g/mol. The fourth-order valence-corrected chi connectivity index (χ4v) is 1.95. The first-order valence-electron chi connectivity index (χ1n) is 6.42. The first-order valence-corrected chi connectivity index (χ1v) is 6.42. The molecule has 0 aliphatic heterocycles. The molecule has 96 valence electrons. The molecule has 4 nitrogen and oxygen atoms in total. The van der Waals surface area contributed by atoms with E-state index in [1.165, 1.54) is 0 Å². The second kappa shape index (κ2) is 4.51. The Morgan fingerprint density at radius 2 is 2.35 bits per heavy atom. The quantitative estimate of drug-likeness (QED) is 0.854. The van der Waals surface area contributed by atoms with Gasteiger partial charge in [-0.1, -0.05) is 20.8 Å². The molecule has 0 aromatic carbocycles. The number of nitrogens with zero attached hydrogens (tertiary/aromatic N) is 2. The summed E-state index contributed by atoms with van der Waals surface area (Å²) in [5.74, 6) is 0.170. The van der Waals surface area contributed by atoms with Crippen LogP contribution in [0.2, 0.25) is 0 Å². The van der Waals surface area contributed by atoms with Crippen molar-refractivity contribution in [1.29, 1.82) is 0 Å². The van der Waals surface area contributed by atoms with E-state index in [4.69, 9.17) is 0 Å². The van der Waals surface area contributed by atoms with E-state index in [0.29, 0.717) is 0 Å². The second-order valence-electron chi connectivity index (χ2n) is 5.22. The maximum Gasteiger partial charge on any atom is 0.223 e. The van der Waals surface area contributed by atoms with Gasteiger partial charge in [0.15, 0.2) is 0 Å². The predicted octanol–water partition coefficient (Wildman–Crippen LogP) is 2.30. The van der Waals surface area contributed by atoms with Crippen LogP contribution < -0.4 is 5.32 Å². The number of rotatable bonds is 5. The van der Waals surface area contributed by atoms with Gasteiger partial charge in [-0.25, -0.2) is 0 Å². The average molecular weight is 237 g/mol. The molecule has 1 N–H and O–H groups in total. The largest absolute Gasteiger partial charge is 0.346 e. The van der Waals surface area contributed by atoms with Gasteiger partial charge < -0.3 is 5.32 Å². The van der Waals surface area contributed by atoms with E-state index in [-0.39, 0.29) is 18.8 Å². The lowest BCUT2D eigenvalue weighted by atomic mass is 10.1. The molecule has 1 aromatic heterocycles. The number of hydrogen-bond acceptors (Lipinski definition) is 2. The van der Waals surface area contributed by atoms with Crippen LogP contribution >= 0.6 is 0 Å². The molecule has 1 aromatic rings. The second-order valence-corrected chi connectivity index (χ2v) is 5.22. The molecule has 1 amide bonds. The van der Waals surface area contributed by atoms with Crippen LogP contribution in [0.4, 0.5) is 0 Å². The summed E-state index contributed by atoms with van der Waals surface area (Å²) in [6, 6.07) is 0. The lowest BCUT2D eigenvalue weighted by molar-refractivity contribution is -0.125. The highest BCUT2D eigenvalue weighted by molar-refractivity contribution is 5.79. The Morgan fingerprint density at radius 1 is 1.65 bits per heavy atom. The monoisotopic (exact) mass is 237 g/mol. The van der Waals surface area contributed by atoms with E-state index < -0.39 is 0 Å². The summed E-state index contributed by atoms with van der Waals surface area (Å²) in [5.41, 5.74) is 1.04. The van der Waals surface area contributed by atoms with Gasteiger partial charge in [0.25, 0.3) is 0 Å². The Balaban J connectivity index is 0.00000162. The molecule has 2 rings (SSSR count). The number of amides is 1. The fourth-order valence-electron chi connectivity index (χ4n) is 1.95. The lowest BCUT2D eigenvalue weighted by Gasteiger charge is -2.17. The average Bonchev–Trinajstić information content (AvgIpc) is 2.89. The molecule has 17 heavy (non-hydrogen) atoms. The minimum absolute atomic E-state index is 0. The standard InChI is InChI=1S/C13H21N3O.H2/c1-4-7-16-9-11(8-14-16)13(5-6-13)15-12(17)10(2)3;/h8-10H,4-7H2,1-3H3,(H,15,17);1H. The van der Waals surface area contributed by atoms with Gasteiger partial charge in [-0.2, -0.15) is 5.10 Å². The summed E-state index contributed by atoms with van der Waals surface area (Å²) < 4.78 is 1.96. The summed E-state index contributed by atoms with van der Waals surface area (Å²) in [5, 5.41) is 7.48. The smallest absolute Gasteiger partial charge is 0.223 e. The van der Waals surface area contributed by atoms with E-state index in [2.05, 4.69) is 23.5 Å². The van der Waals surface area contributed by atoms with Crippen molar-refractivity contribution in [2.45, 2.75) is 52.1 Å². The zero-order valence-electron chi connectivity index (χ0n) is 10.9. The number of carbonyl (C=O) groups is 1. The molecule has 1 saturated carbocycles. The van der Waals surface area contributed by atoms with Gasteiger partial charge in [-0.3, -0.25) is 9.48 Å². The minimum Gasteiger partial charge on any atom is -0.346 e. The Bertz CT molecular complexity index is 410. The maximum atomic E-state index is 11.8. The van der Waals surface area contributed by atoms with Crippen LogP contribution in [0.25, 0.3) is 0 Å². The van der Waals surface area contributed by atoms with E-state index >= 15 is 0 Å². The van der Waals surface area contributed by atoms with E-state index in [1.807, 2.05) is 24.7 Å². The third kappa shape index (κ3) is 2.51. The summed E-state index contributed by atoms with van der Waals surface area (Å²) in [6.45, 7) is 6.92. The van der Waals surface area contributed by atoms with Gasteiger partial charge in [0, 0.05) is 25.6 Å². The zero-order valence-corrected chi connectivity index (χ0v) is 10.9. The molecule has 0 saturated heterocycles. The minimum atomic E-state index is -0.118. The van der Waals surface area contributed by atoms with Crippen molar-refractivity contribution in [2.75, 3.05) is 0 Å². The van der Waals surface area contributed by atoms with Crippen LogP contribution in [-0.4, -0.2) is 15.7 Å². The van der Waals surface area contributed by atoms with Gasteiger partial charge in [0.2, 0.25) is 5.91 Å². The summed E-state index contributed by atoms with van der Waals surface area (Å²) >= 11 is 0. The van der Waals surface area contributed by atoms with Gasteiger partial charge in [0.1, 0.15) is 0 Å². The highest BCUT2D eigenvalue weighted by Gasteiger charge is 2.46. The van der Waals surface area contributed by atoms with Crippen molar-refractivity contribution in [3.63, 3.8) is 0 Å². The van der Waals surface area contributed by atoms with Crippen molar-refractivity contribution >= 4 is 5.91 Å². The Kier molecular flexibility index (Phi) is 3.22. The summed E-state index contributed by atoms with van der Waals surface area (Å²) in [4.78, 5) is 11.8. The van der Waals surface area contributed by atoms with Crippen LogP contribution in [0, 0.1) is 5.92 Å². The lowest BCUT2D eigenvalue weighted by Crippen LogP contribution is -2.37. The van der Waals surface area contributed by atoms with Crippen LogP contribution in [-0.2, 0) is 16.9 Å². The summed E-state index contributed by atoms with van der Waals surface area (Å²) in [6.07, 6.45) is 7.10. The highest BCUT2D eigenvalue weighted by Crippen LogP contribution is 2.45. The normalized spacial score (nSPS) is 17.2. The SMILES string of the molecule is CCCn1cc(C2(NC(=O)C(C)C)CC2)cn1.[HH]. The molecular formula is C13H23N3O. The Labute approximate surface area is 104 Å². The van der Waals surface area contributed by atoms with Crippen LogP contribution in [0.15, 0.2) is 12.4 Å². The fraction of sp³-hybridized carbons (Fsp3) is 0.692. The Hall–Kier alpha value is -1.32. The molecule has 4 heteroatoms. The van der Waals surface area contributed by atoms with Crippen LogP contribution in [0.1, 0.15) is 47.0 Å². The first kappa shape index (κ1) is 12.1. The van der Waals surface area contributed by atoms with Crippen molar-refractivity contribution < 1.29 is 6.22 Å². The number of nitrogens with one attached hydrogen (secondary N) is 1. The molecule has 0 radical (unpaired) electrons. The number of hydrogen-bond donors (Lipinski definition) is 1. The van der Waals surface area contributed by atoms with E-state index in [1.54, 1.807) is 0 Å². The number of aryl methyl sites for hydroxylation is 1. The summed E-state index contributed by atoms with van der Waals surface area (Å²) in [7, 11) is 0. The zero-order chi connectivity index (χ0) is 12.5. The third-order valence-electron chi connectivity index (χ3n) is 3.28. The van der Waals surface area contributed by atoms with E-state index in [9.17, 15) is 4.79 Å². The molecule has 0 spiro atoms. The number of carbonyl (C=O) groups excluding carboxylic acids is 1. The molecule has 1 fully saturated rings. The van der Waals surface area contributed by atoms with E-state index in [0.717, 1.165) is 31.4 Å². The van der Waals surface area contributed by atoms with Gasteiger partial charge in [-0.15, -0.1) is 0 Å². The van der Waals surface area contributed by atoms with Crippen molar-refractivity contribution in [2.24, 2.45) is 5.92 Å². The molecule has 1 aliphatic rings. The maximum absolute atomic E-state index is 11.8. The van der Waals surface area contributed by atoms with Crippen LogP contribution in [0.5, 0.6) is 0 Å². The molecule has 0 unspecified atom stereocenters. The van der Waals surface area contributed by atoms with Crippen LogP contribution in [0.3, 0.4) is 0 Å². The molecule has 1 heterocycles. The Morgan fingerprint density at radius 3 is 2.88 bits per heavy atom. The topological polar surface area (TPSA) is 46.9 Å². The highest BCUT2D eigenvalue weighted by atomic mass is 16.2. The van der Waals surface area contributed by atoms with Crippen molar-refractivity contribution in [1.82, 2.24) is 15.1 Å². The van der Waals surface area contributed by atoms with Gasteiger partial charge in [-0.05, 0) is 19.3 Å². The number of aromatic nitrogens is 2.